The van der Waals surface area contributed by atoms with Crippen molar-refractivity contribution in [3.05, 3.63) is 65.6 Å². The van der Waals surface area contributed by atoms with Crippen LogP contribution in [0, 0.1) is 5.82 Å². The van der Waals surface area contributed by atoms with Crippen molar-refractivity contribution >= 4 is 17.7 Å². The van der Waals surface area contributed by atoms with E-state index in [2.05, 4.69) is 10.2 Å². The van der Waals surface area contributed by atoms with Gasteiger partial charge in [-0.05, 0) is 36.8 Å². The highest BCUT2D eigenvalue weighted by atomic mass is 32.2. The molecule has 6 nitrogen and oxygen atoms in total. The second-order valence-corrected chi connectivity index (χ2v) is 7.15. The fraction of sp³-hybridized carbons (Fsp3) is 0.278. The summed E-state index contributed by atoms with van der Waals surface area (Å²) in [4.78, 5) is 11.1. The number of benzene rings is 1. The number of rotatable bonds is 8. The second-order valence-electron chi connectivity index (χ2n) is 5.84. The van der Waals surface area contributed by atoms with E-state index < -0.39 is 0 Å². The van der Waals surface area contributed by atoms with E-state index in [1.54, 1.807) is 18.4 Å². The lowest BCUT2D eigenvalue weighted by Gasteiger charge is -2.13. The third kappa shape index (κ3) is 4.51. The standard InChI is InChI=1S/C18H19FN4O2S/c1-12(13-4-6-14(19)7-5-13)26-18-22-21-17(9-8-16(20)24)23(18)11-15-3-2-10-25-15/h2-7,10,12H,8-9,11H2,1H3,(H2,20,24)/t12-/m0/s1. The number of furan rings is 1. The van der Waals surface area contributed by atoms with E-state index in [1.165, 1.54) is 23.9 Å². The maximum atomic E-state index is 13.1. The van der Waals surface area contributed by atoms with Gasteiger partial charge in [0.25, 0.3) is 0 Å². The summed E-state index contributed by atoms with van der Waals surface area (Å²) in [7, 11) is 0. The van der Waals surface area contributed by atoms with E-state index >= 15 is 0 Å². The molecule has 0 saturated heterocycles. The minimum absolute atomic E-state index is 0.0548. The molecule has 3 rings (SSSR count). The van der Waals surface area contributed by atoms with Gasteiger partial charge in [-0.25, -0.2) is 4.39 Å². The first-order valence-electron chi connectivity index (χ1n) is 8.18. The molecule has 2 aromatic heterocycles. The van der Waals surface area contributed by atoms with Crippen molar-refractivity contribution in [3.8, 4) is 0 Å². The molecule has 0 aliphatic rings. The van der Waals surface area contributed by atoms with Crippen molar-refractivity contribution in [3.63, 3.8) is 0 Å². The monoisotopic (exact) mass is 374 g/mol. The van der Waals surface area contributed by atoms with E-state index in [-0.39, 0.29) is 23.4 Å². The number of hydrogen-bond acceptors (Lipinski definition) is 5. The molecule has 2 N–H and O–H groups in total. The minimum Gasteiger partial charge on any atom is -0.467 e. The van der Waals surface area contributed by atoms with Crippen molar-refractivity contribution in [2.45, 2.75) is 36.7 Å². The van der Waals surface area contributed by atoms with Crippen LogP contribution in [0.4, 0.5) is 4.39 Å². The summed E-state index contributed by atoms with van der Waals surface area (Å²) in [6.45, 7) is 2.49. The predicted molar refractivity (Wildman–Crippen MR) is 96.0 cm³/mol. The van der Waals surface area contributed by atoms with Gasteiger partial charge < -0.3 is 10.2 Å². The number of nitrogens with zero attached hydrogens (tertiary/aromatic N) is 3. The van der Waals surface area contributed by atoms with E-state index in [1.807, 2.05) is 23.6 Å². The number of thioether (sulfide) groups is 1. The molecule has 0 fully saturated rings. The zero-order chi connectivity index (χ0) is 18.5. The van der Waals surface area contributed by atoms with Crippen molar-refractivity contribution in [1.82, 2.24) is 14.8 Å². The normalized spacial score (nSPS) is 12.2. The number of amides is 1. The molecule has 0 radical (unpaired) electrons. The van der Waals surface area contributed by atoms with Gasteiger partial charge in [-0.15, -0.1) is 10.2 Å². The van der Waals surface area contributed by atoms with Gasteiger partial charge in [0, 0.05) is 18.1 Å². The largest absolute Gasteiger partial charge is 0.467 e. The molecule has 0 saturated carbocycles. The van der Waals surface area contributed by atoms with Crippen LogP contribution in [0.3, 0.4) is 0 Å². The Bertz CT molecular complexity index is 862. The van der Waals surface area contributed by atoms with Crippen molar-refractivity contribution in [2.75, 3.05) is 0 Å². The molecule has 0 bridgehead atoms. The van der Waals surface area contributed by atoms with Crippen LogP contribution in [-0.4, -0.2) is 20.7 Å². The SMILES string of the molecule is C[C@H](Sc1nnc(CCC(N)=O)n1Cc1ccco1)c1ccc(F)cc1. The van der Waals surface area contributed by atoms with Gasteiger partial charge in [0.15, 0.2) is 5.16 Å². The van der Waals surface area contributed by atoms with Gasteiger partial charge in [-0.1, -0.05) is 23.9 Å². The van der Waals surface area contributed by atoms with Crippen LogP contribution in [0.2, 0.25) is 0 Å². The Morgan fingerprint density at radius 3 is 2.73 bits per heavy atom. The summed E-state index contributed by atoms with van der Waals surface area (Å²) in [5.74, 6) is 0.794. The van der Waals surface area contributed by atoms with Gasteiger partial charge in [-0.2, -0.15) is 0 Å². The van der Waals surface area contributed by atoms with Gasteiger partial charge in [-0.3, -0.25) is 9.36 Å². The summed E-state index contributed by atoms with van der Waals surface area (Å²) >= 11 is 1.52. The van der Waals surface area contributed by atoms with E-state index in [9.17, 15) is 9.18 Å². The van der Waals surface area contributed by atoms with Crippen molar-refractivity contribution in [1.29, 1.82) is 0 Å². The molecule has 0 aliphatic carbocycles. The van der Waals surface area contributed by atoms with E-state index in [0.717, 1.165) is 11.3 Å². The third-order valence-electron chi connectivity index (χ3n) is 3.90. The number of carbonyl (C=O) groups excluding carboxylic acids is 1. The van der Waals surface area contributed by atoms with E-state index in [4.69, 9.17) is 10.2 Å². The molecule has 26 heavy (non-hydrogen) atoms. The van der Waals surface area contributed by atoms with Gasteiger partial charge in [0.2, 0.25) is 5.91 Å². The van der Waals surface area contributed by atoms with Crippen LogP contribution in [0.5, 0.6) is 0 Å². The Morgan fingerprint density at radius 2 is 2.08 bits per heavy atom. The molecule has 3 aromatic rings. The molecule has 1 amide bonds. The zero-order valence-electron chi connectivity index (χ0n) is 14.3. The summed E-state index contributed by atoms with van der Waals surface area (Å²) in [6, 6.07) is 10.1. The smallest absolute Gasteiger partial charge is 0.217 e. The molecule has 0 aliphatic heterocycles. The average Bonchev–Trinajstić information content (AvgIpc) is 3.25. The molecule has 0 spiro atoms. The number of aromatic nitrogens is 3. The maximum absolute atomic E-state index is 13.1. The van der Waals surface area contributed by atoms with Crippen molar-refractivity contribution in [2.24, 2.45) is 5.73 Å². The highest BCUT2D eigenvalue weighted by molar-refractivity contribution is 7.99. The Balaban J connectivity index is 1.82. The minimum atomic E-state index is -0.383. The molecule has 2 heterocycles. The third-order valence-corrected chi connectivity index (χ3v) is 5.04. The topological polar surface area (TPSA) is 86.9 Å². The number of carbonyl (C=O) groups is 1. The van der Waals surface area contributed by atoms with Gasteiger partial charge in [0.05, 0.1) is 12.8 Å². The van der Waals surface area contributed by atoms with Gasteiger partial charge in [0.1, 0.15) is 17.4 Å². The number of halogens is 1. The molecule has 136 valence electrons. The lowest BCUT2D eigenvalue weighted by Crippen LogP contribution is -2.14. The molecular weight excluding hydrogens is 355 g/mol. The van der Waals surface area contributed by atoms with Crippen LogP contribution in [0.1, 0.15) is 35.7 Å². The molecule has 0 unspecified atom stereocenters. The van der Waals surface area contributed by atoms with Crippen LogP contribution in [0.15, 0.2) is 52.2 Å². The molecule has 1 aromatic carbocycles. The quantitative estimate of drug-likeness (QED) is 0.611. The average molecular weight is 374 g/mol. The fourth-order valence-electron chi connectivity index (χ4n) is 2.50. The number of primary amides is 1. The number of hydrogen-bond donors (Lipinski definition) is 1. The fourth-order valence-corrected chi connectivity index (χ4v) is 3.50. The first kappa shape index (κ1) is 18.2. The Hall–Kier alpha value is -2.61. The Morgan fingerprint density at radius 1 is 1.31 bits per heavy atom. The van der Waals surface area contributed by atoms with Crippen LogP contribution in [-0.2, 0) is 17.8 Å². The lowest BCUT2D eigenvalue weighted by molar-refractivity contribution is -0.118. The second kappa shape index (κ2) is 8.18. The summed E-state index contributed by atoms with van der Waals surface area (Å²) in [6.07, 6.45) is 2.22. The summed E-state index contributed by atoms with van der Waals surface area (Å²) in [5.41, 5.74) is 6.24. The zero-order valence-corrected chi connectivity index (χ0v) is 15.1. The maximum Gasteiger partial charge on any atom is 0.217 e. The number of nitrogens with two attached hydrogens (primary N) is 1. The van der Waals surface area contributed by atoms with Crippen LogP contribution < -0.4 is 5.73 Å². The number of aryl methyl sites for hydroxylation is 1. The van der Waals surface area contributed by atoms with E-state index in [0.29, 0.717) is 23.9 Å². The predicted octanol–water partition coefficient (Wildman–Crippen LogP) is 3.33. The van der Waals surface area contributed by atoms with Crippen LogP contribution >= 0.6 is 11.8 Å². The van der Waals surface area contributed by atoms with Gasteiger partial charge >= 0.3 is 0 Å². The first-order chi connectivity index (χ1) is 12.5. The molecule has 8 heteroatoms. The first-order valence-corrected chi connectivity index (χ1v) is 9.06. The van der Waals surface area contributed by atoms with Crippen LogP contribution in [0.25, 0.3) is 0 Å². The Labute approximate surface area is 154 Å². The highest BCUT2D eigenvalue weighted by Crippen LogP contribution is 2.34. The lowest BCUT2D eigenvalue weighted by atomic mass is 10.2. The Kier molecular flexibility index (Phi) is 5.72. The molecule has 1 atom stereocenters. The summed E-state index contributed by atoms with van der Waals surface area (Å²) in [5, 5.41) is 9.24. The summed E-state index contributed by atoms with van der Waals surface area (Å²) < 4.78 is 20.5. The highest BCUT2D eigenvalue weighted by Gasteiger charge is 2.18. The molecular formula is C18H19FN4O2S. The van der Waals surface area contributed by atoms with Crippen molar-refractivity contribution < 1.29 is 13.6 Å².